The van der Waals surface area contributed by atoms with Crippen LogP contribution in [0.3, 0.4) is 0 Å². The van der Waals surface area contributed by atoms with Crippen molar-refractivity contribution in [1.82, 2.24) is 24.5 Å². The highest BCUT2D eigenvalue weighted by atomic mass is 35.5. The first-order valence-corrected chi connectivity index (χ1v) is 11.4. The van der Waals surface area contributed by atoms with E-state index in [1.54, 1.807) is 31.0 Å². The molecule has 0 unspecified atom stereocenters. The summed E-state index contributed by atoms with van der Waals surface area (Å²) in [5, 5.41) is 13.7. The molecule has 0 radical (unpaired) electrons. The van der Waals surface area contributed by atoms with E-state index in [1.807, 2.05) is 54.1 Å². The maximum atomic E-state index is 12.8. The number of hydrogen-bond donors (Lipinski definition) is 4. The van der Waals surface area contributed by atoms with Crippen LogP contribution in [-0.2, 0) is 6.42 Å². The smallest absolute Gasteiger partial charge is 0.261 e. The highest BCUT2D eigenvalue weighted by Gasteiger charge is 2.16. The first-order valence-electron chi connectivity index (χ1n) is 11.0. The van der Waals surface area contributed by atoms with E-state index >= 15 is 0 Å². The molecule has 0 aliphatic rings. The fraction of sp³-hybridized carbons (Fsp3) is 0.115. The largest absolute Gasteiger partial charge is 0.392 e. The van der Waals surface area contributed by atoms with Crippen LogP contribution in [0.4, 0.5) is 5.69 Å². The minimum Gasteiger partial charge on any atom is -0.392 e. The van der Waals surface area contributed by atoms with E-state index in [0.717, 1.165) is 33.4 Å². The van der Waals surface area contributed by atoms with Gasteiger partial charge in [0.2, 0.25) is 0 Å². The van der Waals surface area contributed by atoms with Crippen LogP contribution < -0.4 is 10.9 Å². The number of anilines is 1. The monoisotopic (exact) mass is 486 g/mol. The Morgan fingerprint density at radius 3 is 2.91 bits per heavy atom. The summed E-state index contributed by atoms with van der Waals surface area (Å²) in [4.78, 5) is 27.7. The Kier molecular flexibility index (Phi) is 6.22. The van der Waals surface area contributed by atoms with Gasteiger partial charge in [0.25, 0.3) is 5.56 Å². The summed E-state index contributed by atoms with van der Waals surface area (Å²) in [6, 6.07) is 13.2. The number of aromatic amines is 2. The van der Waals surface area contributed by atoms with Crippen molar-refractivity contribution in [2.75, 3.05) is 11.9 Å². The van der Waals surface area contributed by atoms with Gasteiger partial charge in [-0.25, -0.2) is 9.97 Å². The zero-order valence-corrected chi connectivity index (χ0v) is 19.7. The van der Waals surface area contributed by atoms with E-state index in [9.17, 15) is 9.90 Å². The van der Waals surface area contributed by atoms with Crippen LogP contribution in [-0.4, -0.2) is 36.2 Å². The fourth-order valence-corrected chi connectivity index (χ4v) is 4.24. The first-order chi connectivity index (χ1) is 17.0. The molecular weight excluding hydrogens is 464 g/mol. The predicted octanol–water partition coefficient (Wildman–Crippen LogP) is 4.60. The van der Waals surface area contributed by atoms with Gasteiger partial charge in [-0.05, 0) is 60.4 Å². The maximum Gasteiger partial charge on any atom is 0.261 e. The van der Waals surface area contributed by atoms with Crippen LogP contribution >= 0.6 is 11.6 Å². The standard InChI is InChI=1S/C26H23ClN6O2/c1-16-9-20(33-8-7-28-15-33)12-22-24(16)32-25(31-22)23-21(5-6-29-26(23)35)30-13-18(14-34)10-17-3-2-4-19(27)11-17/h2-9,11-13,15,34H,10,14H2,1H3,(H,31,32)(H2,29,30,35)/b18-13+. The minimum absolute atomic E-state index is 0.140. The highest BCUT2D eigenvalue weighted by Crippen LogP contribution is 2.27. The first kappa shape index (κ1) is 22.6. The van der Waals surface area contributed by atoms with E-state index in [4.69, 9.17) is 16.6 Å². The van der Waals surface area contributed by atoms with Gasteiger partial charge in [0, 0.05) is 35.5 Å². The topological polar surface area (TPSA) is 112 Å². The number of fused-ring (bicyclic) bond motifs is 1. The normalized spacial score (nSPS) is 11.8. The Balaban J connectivity index is 1.50. The number of nitrogens with zero attached hydrogens (tertiary/aromatic N) is 3. The van der Waals surface area contributed by atoms with Gasteiger partial charge in [-0.2, -0.15) is 0 Å². The molecule has 5 aromatic rings. The third-order valence-corrected chi connectivity index (χ3v) is 5.95. The second-order valence-corrected chi connectivity index (χ2v) is 8.66. The number of aliphatic hydroxyl groups excluding tert-OH is 1. The van der Waals surface area contributed by atoms with Crippen molar-refractivity contribution in [3.05, 3.63) is 106 Å². The van der Waals surface area contributed by atoms with Crippen LogP contribution in [0.15, 0.2) is 84.0 Å². The number of pyridine rings is 1. The van der Waals surface area contributed by atoms with Gasteiger partial charge in [-0.15, -0.1) is 0 Å². The Labute approximate surface area is 206 Å². The molecule has 9 heteroatoms. The molecule has 35 heavy (non-hydrogen) atoms. The van der Waals surface area contributed by atoms with Gasteiger partial charge < -0.3 is 25.0 Å². The summed E-state index contributed by atoms with van der Waals surface area (Å²) in [7, 11) is 0. The minimum atomic E-state index is -0.282. The van der Waals surface area contributed by atoms with Crippen molar-refractivity contribution in [3.63, 3.8) is 0 Å². The average Bonchev–Trinajstić information content (AvgIpc) is 3.52. The lowest BCUT2D eigenvalue weighted by Gasteiger charge is -2.09. The summed E-state index contributed by atoms with van der Waals surface area (Å²) >= 11 is 6.08. The number of aryl methyl sites for hydroxylation is 1. The molecule has 0 fully saturated rings. The van der Waals surface area contributed by atoms with Crippen LogP contribution in [0.1, 0.15) is 11.1 Å². The molecule has 0 aliphatic heterocycles. The third-order valence-electron chi connectivity index (χ3n) is 5.72. The average molecular weight is 487 g/mol. The van der Waals surface area contributed by atoms with Crippen LogP contribution in [0.5, 0.6) is 0 Å². The number of aliphatic hydroxyl groups is 1. The van der Waals surface area contributed by atoms with Crippen LogP contribution in [0, 0.1) is 6.92 Å². The molecule has 4 N–H and O–H groups in total. The quantitative estimate of drug-likeness (QED) is 0.269. The second-order valence-electron chi connectivity index (χ2n) is 8.22. The third kappa shape index (κ3) is 4.75. The predicted molar refractivity (Wildman–Crippen MR) is 138 cm³/mol. The van der Waals surface area contributed by atoms with E-state index in [2.05, 4.69) is 20.3 Å². The van der Waals surface area contributed by atoms with E-state index < -0.39 is 0 Å². The number of benzene rings is 2. The van der Waals surface area contributed by atoms with Crippen molar-refractivity contribution in [3.8, 4) is 17.1 Å². The summed E-state index contributed by atoms with van der Waals surface area (Å²) in [6.07, 6.45) is 9.13. The van der Waals surface area contributed by atoms with Crippen LogP contribution in [0.25, 0.3) is 28.1 Å². The summed E-state index contributed by atoms with van der Waals surface area (Å²) < 4.78 is 1.91. The Hall–Kier alpha value is -4.14. The number of nitrogens with one attached hydrogen (secondary N) is 3. The van der Waals surface area contributed by atoms with E-state index in [1.165, 1.54) is 0 Å². The Morgan fingerprint density at radius 1 is 1.26 bits per heavy atom. The zero-order valence-electron chi connectivity index (χ0n) is 18.9. The number of H-pyrrole nitrogens is 2. The number of halogens is 1. The van der Waals surface area contributed by atoms with Gasteiger partial charge in [0.1, 0.15) is 11.4 Å². The molecule has 0 saturated heterocycles. The lowest BCUT2D eigenvalue weighted by molar-refractivity contribution is 0.328. The highest BCUT2D eigenvalue weighted by molar-refractivity contribution is 6.30. The molecule has 3 heterocycles. The molecule has 8 nitrogen and oxygen atoms in total. The fourth-order valence-electron chi connectivity index (χ4n) is 4.03. The molecule has 0 amide bonds. The molecule has 0 spiro atoms. The Bertz CT molecular complexity index is 1580. The van der Waals surface area contributed by atoms with Crippen molar-refractivity contribution in [2.45, 2.75) is 13.3 Å². The number of aromatic nitrogens is 5. The number of rotatable bonds is 7. The molecule has 0 saturated carbocycles. The van der Waals surface area contributed by atoms with Gasteiger partial charge in [-0.1, -0.05) is 23.7 Å². The van der Waals surface area contributed by atoms with Crippen molar-refractivity contribution in [1.29, 1.82) is 0 Å². The zero-order chi connectivity index (χ0) is 24.4. The van der Waals surface area contributed by atoms with Gasteiger partial charge in [-0.3, -0.25) is 4.79 Å². The van der Waals surface area contributed by atoms with E-state index in [-0.39, 0.29) is 12.2 Å². The summed E-state index contributed by atoms with van der Waals surface area (Å²) in [5.41, 5.74) is 5.89. The molecular formula is C26H23ClN6O2. The van der Waals surface area contributed by atoms with Gasteiger partial charge >= 0.3 is 0 Å². The summed E-state index contributed by atoms with van der Waals surface area (Å²) in [5.74, 6) is 0.448. The molecule has 0 atom stereocenters. The number of hydrogen-bond acceptors (Lipinski definition) is 5. The van der Waals surface area contributed by atoms with Crippen molar-refractivity contribution >= 4 is 28.3 Å². The lowest BCUT2D eigenvalue weighted by Crippen LogP contribution is -2.12. The van der Waals surface area contributed by atoms with Crippen molar-refractivity contribution in [2.24, 2.45) is 0 Å². The number of imidazole rings is 2. The SMILES string of the molecule is Cc1cc(-n2ccnc2)cc2[nH]c(-c3c(N/C=C(/CO)Cc4cccc(Cl)c4)cc[nH]c3=O)nc12. The second kappa shape index (κ2) is 9.61. The van der Waals surface area contributed by atoms with E-state index in [0.29, 0.717) is 28.5 Å². The molecule has 2 aromatic carbocycles. The molecule has 0 aliphatic carbocycles. The molecule has 5 rings (SSSR count). The van der Waals surface area contributed by atoms with Gasteiger partial charge in [0.15, 0.2) is 0 Å². The molecule has 176 valence electrons. The van der Waals surface area contributed by atoms with Crippen molar-refractivity contribution < 1.29 is 5.11 Å². The van der Waals surface area contributed by atoms with Gasteiger partial charge in [0.05, 0.1) is 29.7 Å². The maximum absolute atomic E-state index is 12.8. The van der Waals surface area contributed by atoms with Crippen LogP contribution in [0.2, 0.25) is 5.02 Å². The summed E-state index contributed by atoms with van der Waals surface area (Å²) in [6.45, 7) is 1.84. The lowest BCUT2D eigenvalue weighted by atomic mass is 10.1. The molecule has 3 aromatic heterocycles. The molecule has 0 bridgehead atoms. The Morgan fingerprint density at radius 2 is 2.14 bits per heavy atom.